The van der Waals surface area contributed by atoms with Crippen molar-refractivity contribution in [2.45, 2.75) is 58.7 Å². The van der Waals surface area contributed by atoms with Gasteiger partial charge in [-0.3, -0.25) is 0 Å². The van der Waals surface area contributed by atoms with Crippen molar-refractivity contribution >= 4 is 11.9 Å². The molecule has 39 heavy (non-hydrogen) atoms. The van der Waals surface area contributed by atoms with Crippen molar-refractivity contribution in [3.63, 3.8) is 0 Å². The lowest BCUT2D eigenvalue weighted by Gasteiger charge is -2.28. The number of ether oxygens (including phenoxy) is 4. The normalized spacial score (nSPS) is 14.3. The van der Waals surface area contributed by atoms with E-state index in [-0.39, 0.29) is 11.1 Å². The van der Waals surface area contributed by atoms with E-state index < -0.39 is 17.7 Å². The number of carbonyl (C=O) groups excluding carboxylic acids is 2. The highest BCUT2D eigenvalue weighted by Gasteiger charge is 2.37. The minimum Gasteiger partial charge on any atom is -0.465 e. The molecule has 0 unspecified atom stereocenters. The quantitative estimate of drug-likeness (QED) is 0.276. The first-order valence-corrected chi connectivity index (χ1v) is 13.7. The van der Waals surface area contributed by atoms with E-state index in [1.165, 1.54) is 42.0 Å². The molecule has 6 nitrogen and oxygen atoms in total. The third-order valence-corrected chi connectivity index (χ3v) is 7.49. The molecule has 3 aromatic rings. The number of esters is 2. The van der Waals surface area contributed by atoms with Crippen LogP contribution in [-0.2, 0) is 44.0 Å². The predicted octanol–water partition coefficient (Wildman–Crippen LogP) is 6.58. The average molecular weight is 531 g/mol. The van der Waals surface area contributed by atoms with Crippen LogP contribution < -0.4 is 0 Å². The van der Waals surface area contributed by atoms with Gasteiger partial charge in [-0.1, -0.05) is 56.7 Å². The molecule has 0 radical (unpaired) electrons. The summed E-state index contributed by atoms with van der Waals surface area (Å²) in [6.45, 7) is 7.67. The maximum atomic E-state index is 12.4. The molecule has 1 aliphatic rings. The standard InChI is InChI=1S/C33H38O6/c1-6-9-25-21-26(33(7-2)38-18-19-39-33)15-17-27(25)30-22(3)10-8-11-24(30)14-12-23-13-16-28(31(34)36-4)29(20-23)32(35)37-5/h8,10-11,13,15-17,20-21H,6-7,9,12,14,18-19H2,1-5H3. The predicted molar refractivity (Wildman–Crippen MR) is 151 cm³/mol. The lowest BCUT2D eigenvalue weighted by atomic mass is 9.86. The molecule has 0 N–H and O–H groups in total. The number of carbonyl (C=O) groups is 2. The van der Waals surface area contributed by atoms with Gasteiger partial charge in [-0.2, -0.15) is 0 Å². The van der Waals surface area contributed by atoms with E-state index in [4.69, 9.17) is 18.9 Å². The number of rotatable bonds is 10. The summed E-state index contributed by atoms with van der Waals surface area (Å²) < 4.78 is 21.9. The smallest absolute Gasteiger partial charge is 0.338 e. The summed E-state index contributed by atoms with van der Waals surface area (Å²) >= 11 is 0. The van der Waals surface area contributed by atoms with Crippen LogP contribution in [0, 0.1) is 6.92 Å². The van der Waals surface area contributed by atoms with Crippen molar-refractivity contribution in [3.05, 3.63) is 93.5 Å². The van der Waals surface area contributed by atoms with Gasteiger partial charge in [-0.15, -0.1) is 0 Å². The number of hydrogen-bond donors (Lipinski definition) is 0. The molecule has 1 aliphatic heterocycles. The van der Waals surface area contributed by atoms with Gasteiger partial charge < -0.3 is 18.9 Å². The topological polar surface area (TPSA) is 71.1 Å². The maximum Gasteiger partial charge on any atom is 0.338 e. The lowest BCUT2D eigenvalue weighted by Crippen LogP contribution is -2.26. The second kappa shape index (κ2) is 12.6. The van der Waals surface area contributed by atoms with Crippen LogP contribution >= 0.6 is 0 Å². The van der Waals surface area contributed by atoms with E-state index in [9.17, 15) is 9.59 Å². The molecular formula is C33H38O6. The number of hydrogen-bond acceptors (Lipinski definition) is 6. The van der Waals surface area contributed by atoms with Gasteiger partial charge in [0, 0.05) is 12.0 Å². The van der Waals surface area contributed by atoms with Crippen molar-refractivity contribution in [1.82, 2.24) is 0 Å². The summed E-state index contributed by atoms with van der Waals surface area (Å²) in [6, 6.07) is 18.3. The minimum atomic E-state index is -0.663. The Hall–Kier alpha value is -3.48. The zero-order valence-electron chi connectivity index (χ0n) is 23.6. The monoisotopic (exact) mass is 530 g/mol. The molecule has 0 amide bonds. The van der Waals surface area contributed by atoms with Gasteiger partial charge in [0.1, 0.15) is 0 Å². The average Bonchev–Trinajstić information content (AvgIpc) is 3.46. The first-order chi connectivity index (χ1) is 18.9. The van der Waals surface area contributed by atoms with Crippen molar-refractivity contribution in [3.8, 4) is 11.1 Å². The van der Waals surface area contributed by atoms with Crippen molar-refractivity contribution in [1.29, 1.82) is 0 Å². The number of benzene rings is 3. The molecule has 0 aromatic heterocycles. The molecule has 3 aromatic carbocycles. The van der Waals surface area contributed by atoms with Gasteiger partial charge in [-0.25, -0.2) is 9.59 Å². The van der Waals surface area contributed by atoms with Gasteiger partial charge in [0.25, 0.3) is 0 Å². The summed E-state index contributed by atoms with van der Waals surface area (Å²) in [7, 11) is 2.60. The fourth-order valence-electron chi connectivity index (χ4n) is 5.50. The van der Waals surface area contributed by atoms with E-state index in [0.717, 1.165) is 36.8 Å². The highest BCUT2D eigenvalue weighted by Crippen LogP contribution is 2.39. The molecule has 0 spiro atoms. The molecule has 1 heterocycles. The molecule has 0 saturated carbocycles. The Bertz CT molecular complexity index is 1340. The van der Waals surface area contributed by atoms with Crippen LogP contribution in [0.4, 0.5) is 0 Å². The molecule has 206 valence electrons. The molecule has 0 atom stereocenters. The number of methoxy groups -OCH3 is 2. The summed E-state index contributed by atoms with van der Waals surface area (Å²) in [5.74, 6) is -1.78. The molecule has 0 aliphatic carbocycles. The molecule has 4 rings (SSSR count). The molecule has 6 heteroatoms. The van der Waals surface area contributed by atoms with Gasteiger partial charge in [0.15, 0.2) is 5.79 Å². The van der Waals surface area contributed by atoms with E-state index in [0.29, 0.717) is 19.6 Å². The zero-order valence-corrected chi connectivity index (χ0v) is 23.6. The van der Waals surface area contributed by atoms with Gasteiger partial charge in [-0.05, 0) is 77.8 Å². The van der Waals surface area contributed by atoms with Crippen molar-refractivity contribution in [2.75, 3.05) is 27.4 Å². The van der Waals surface area contributed by atoms with Crippen LogP contribution in [-0.4, -0.2) is 39.4 Å². The minimum absolute atomic E-state index is 0.203. The SMILES string of the molecule is CCCc1cc(C2(CC)OCCO2)ccc1-c1c(C)cccc1CCc1ccc(C(=O)OC)c(C(=O)OC)c1. The van der Waals surface area contributed by atoms with Crippen LogP contribution in [0.25, 0.3) is 11.1 Å². The van der Waals surface area contributed by atoms with Crippen LogP contribution in [0.5, 0.6) is 0 Å². The van der Waals surface area contributed by atoms with E-state index in [2.05, 4.69) is 57.2 Å². The molecule has 1 fully saturated rings. The second-order valence-electron chi connectivity index (χ2n) is 9.90. The Balaban J connectivity index is 1.69. The molecular weight excluding hydrogens is 492 g/mol. The van der Waals surface area contributed by atoms with Crippen molar-refractivity contribution < 1.29 is 28.5 Å². The Morgan fingerprint density at radius 2 is 1.54 bits per heavy atom. The Morgan fingerprint density at radius 3 is 2.21 bits per heavy atom. The largest absolute Gasteiger partial charge is 0.465 e. The first kappa shape index (κ1) is 28.5. The highest BCUT2D eigenvalue weighted by atomic mass is 16.7. The maximum absolute atomic E-state index is 12.4. The van der Waals surface area contributed by atoms with Gasteiger partial charge >= 0.3 is 11.9 Å². The molecule has 0 bridgehead atoms. The van der Waals surface area contributed by atoms with Crippen molar-refractivity contribution in [2.24, 2.45) is 0 Å². The third kappa shape index (κ3) is 5.92. The lowest BCUT2D eigenvalue weighted by molar-refractivity contribution is -0.167. The van der Waals surface area contributed by atoms with Gasteiger partial charge in [0.2, 0.25) is 0 Å². The van der Waals surface area contributed by atoms with Crippen LogP contribution in [0.15, 0.2) is 54.6 Å². The van der Waals surface area contributed by atoms with Gasteiger partial charge in [0.05, 0.1) is 38.6 Å². The zero-order chi connectivity index (χ0) is 28.0. The summed E-state index contributed by atoms with van der Waals surface area (Å²) in [5, 5.41) is 0. The van der Waals surface area contributed by atoms with Crippen LogP contribution in [0.2, 0.25) is 0 Å². The van der Waals surface area contributed by atoms with Crippen LogP contribution in [0.1, 0.15) is 75.2 Å². The fourth-order valence-corrected chi connectivity index (χ4v) is 5.50. The Kier molecular flexibility index (Phi) is 9.20. The fraction of sp³-hybridized carbons (Fsp3) is 0.394. The van der Waals surface area contributed by atoms with E-state index >= 15 is 0 Å². The van der Waals surface area contributed by atoms with E-state index in [1.807, 2.05) is 6.07 Å². The summed E-state index contributed by atoms with van der Waals surface area (Å²) in [5.41, 5.74) is 8.64. The third-order valence-electron chi connectivity index (χ3n) is 7.49. The van der Waals surface area contributed by atoms with Crippen LogP contribution in [0.3, 0.4) is 0 Å². The molecule has 1 saturated heterocycles. The number of aryl methyl sites for hydroxylation is 4. The summed E-state index contributed by atoms with van der Waals surface area (Å²) in [6.07, 6.45) is 4.21. The van der Waals surface area contributed by atoms with E-state index in [1.54, 1.807) is 12.1 Å². The second-order valence-corrected chi connectivity index (χ2v) is 9.90. The first-order valence-electron chi connectivity index (χ1n) is 13.7. The highest BCUT2D eigenvalue weighted by molar-refractivity contribution is 6.03. The Morgan fingerprint density at radius 1 is 0.821 bits per heavy atom. The Labute approximate surface area is 231 Å². The summed E-state index contributed by atoms with van der Waals surface area (Å²) in [4.78, 5) is 24.6.